The first-order valence-corrected chi connectivity index (χ1v) is 12.3. The van der Waals surface area contributed by atoms with Gasteiger partial charge in [0.2, 0.25) is 0 Å². The normalized spacial score (nSPS) is 17.9. The van der Waals surface area contributed by atoms with Crippen molar-refractivity contribution in [1.29, 1.82) is 0 Å². The highest BCUT2D eigenvalue weighted by Crippen LogP contribution is 2.28. The van der Waals surface area contributed by atoms with Gasteiger partial charge in [0.15, 0.2) is 0 Å². The van der Waals surface area contributed by atoms with E-state index in [0.717, 1.165) is 35.5 Å². The molecule has 0 aromatic rings. The standard InChI is InChI=1S/C26H54/c1-9-10-11-12-14-23(5)20-26(8)25(7)16-13-15-22(4)17-18-24(6)19-21(2)3/h21-26H,9-20H2,1-8H3. The molecule has 0 saturated carbocycles. The lowest BCUT2D eigenvalue weighted by Crippen LogP contribution is -2.12. The fourth-order valence-corrected chi connectivity index (χ4v) is 4.61. The van der Waals surface area contributed by atoms with Crippen molar-refractivity contribution in [2.75, 3.05) is 0 Å². The molecule has 0 aromatic carbocycles. The predicted octanol–water partition coefficient (Wildman–Crippen LogP) is 9.52. The van der Waals surface area contributed by atoms with E-state index in [1.54, 1.807) is 0 Å². The highest BCUT2D eigenvalue weighted by Gasteiger charge is 2.16. The maximum Gasteiger partial charge on any atom is -0.0414 e. The van der Waals surface area contributed by atoms with Crippen molar-refractivity contribution in [2.45, 2.75) is 132 Å². The van der Waals surface area contributed by atoms with Crippen LogP contribution < -0.4 is 0 Å². The molecule has 0 fully saturated rings. The summed E-state index contributed by atoms with van der Waals surface area (Å²) in [6.45, 7) is 19.4. The summed E-state index contributed by atoms with van der Waals surface area (Å²) >= 11 is 0. The van der Waals surface area contributed by atoms with Crippen LogP contribution in [0.15, 0.2) is 0 Å². The van der Waals surface area contributed by atoms with E-state index in [1.165, 1.54) is 77.0 Å². The summed E-state index contributed by atoms with van der Waals surface area (Å²) in [7, 11) is 0. The molecule has 0 aromatic heterocycles. The molecule has 5 atom stereocenters. The second kappa shape index (κ2) is 16.0. The van der Waals surface area contributed by atoms with Crippen molar-refractivity contribution < 1.29 is 0 Å². The third-order valence-corrected chi connectivity index (χ3v) is 6.68. The zero-order valence-electron chi connectivity index (χ0n) is 19.9. The van der Waals surface area contributed by atoms with Gasteiger partial charge < -0.3 is 0 Å². The van der Waals surface area contributed by atoms with Crippen molar-refractivity contribution in [1.82, 2.24) is 0 Å². The Labute approximate surface area is 168 Å². The fourth-order valence-electron chi connectivity index (χ4n) is 4.61. The Bertz CT molecular complexity index is 292. The van der Waals surface area contributed by atoms with Crippen LogP contribution in [0.4, 0.5) is 0 Å². The molecule has 0 radical (unpaired) electrons. The van der Waals surface area contributed by atoms with Crippen molar-refractivity contribution in [3.05, 3.63) is 0 Å². The van der Waals surface area contributed by atoms with Gasteiger partial charge in [-0.2, -0.15) is 0 Å². The molecule has 0 spiro atoms. The molecule has 158 valence electrons. The summed E-state index contributed by atoms with van der Waals surface area (Å²) in [5.41, 5.74) is 0. The molecule has 0 heterocycles. The minimum atomic E-state index is 0.858. The largest absolute Gasteiger partial charge is 0.0654 e. The third kappa shape index (κ3) is 15.1. The second-order valence-corrected chi connectivity index (χ2v) is 10.5. The molecule has 0 heteroatoms. The van der Waals surface area contributed by atoms with Gasteiger partial charge in [-0.3, -0.25) is 0 Å². The van der Waals surface area contributed by atoms with Gasteiger partial charge in [-0.25, -0.2) is 0 Å². The van der Waals surface area contributed by atoms with Gasteiger partial charge in [-0.15, -0.1) is 0 Å². The van der Waals surface area contributed by atoms with Crippen LogP contribution in [0, 0.1) is 35.5 Å². The summed E-state index contributed by atoms with van der Waals surface area (Å²) in [5.74, 6) is 5.42. The van der Waals surface area contributed by atoms with Gasteiger partial charge in [-0.1, -0.05) is 120 Å². The Morgan fingerprint density at radius 3 is 1.65 bits per heavy atom. The molecule has 0 aliphatic heterocycles. The number of hydrogen-bond donors (Lipinski definition) is 0. The first-order chi connectivity index (χ1) is 12.3. The summed E-state index contributed by atoms with van der Waals surface area (Å²) in [6, 6.07) is 0. The van der Waals surface area contributed by atoms with Crippen LogP contribution in [0.2, 0.25) is 0 Å². The average molecular weight is 367 g/mol. The van der Waals surface area contributed by atoms with Gasteiger partial charge in [0.1, 0.15) is 0 Å². The van der Waals surface area contributed by atoms with Crippen LogP contribution in [0.1, 0.15) is 132 Å². The third-order valence-electron chi connectivity index (χ3n) is 6.68. The Morgan fingerprint density at radius 2 is 1.04 bits per heavy atom. The molecule has 0 saturated heterocycles. The number of rotatable bonds is 17. The van der Waals surface area contributed by atoms with E-state index in [9.17, 15) is 0 Å². The van der Waals surface area contributed by atoms with Crippen LogP contribution in [0.25, 0.3) is 0 Å². The summed E-state index contributed by atoms with van der Waals surface area (Å²) in [6.07, 6.45) is 17.2. The lowest BCUT2D eigenvalue weighted by atomic mass is 9.82. The predicted molar refractivity (Wildman–Crippen MR) is 122 cm³/mol. The van der Waals surface area contributed by atoms with Gasteiger partial charge in [-0.05, 0) is 48.3 Å². The quantitative estimate of drug-likeness (QED) is 0.225. The molecule has 0 aliphatic rings. The molecule has 0 bridgehead atoms. The van der Waals surface area contributed by atoms with Gasteiger partial charge in [0, 0.05) is 0 Å². The van der Waals surface area contributed by atoms with E-state index < -0.39 is 0 Å². The SMILES string of the molecule is CCCCCCC(C)CC(C)C(C)CCCC(C)CCC(C)CC(C)C. The Morgan fingerprint density at radius 1 is 0.462 bits per heavy atom. The van der Waals surface area contributed by atoms with Crippen LogP contribution in [0.3, 0.4) is 0 Å². The van der Waals surface area contributed by atoms with Gasteiger partial charge >= 0.3 is 0 Å². The molecule has 0 rings (SSSR count). The van der Waals surface area contributed by atoms with Crippen molar-refractivity contribution in [3.8, 4) is 0 Å². The van der Waals surface area contributed by atoms with Crippen LogP contribution >= 0.6 is 0 Å². The van der Waals surface area contributed by atoms with Crippen LogP contribution in [0.5, 0.6) is 0 Å². The van der Waals surface area contributed by atoms with Crippen LogP contribution in [-0.2, 0) is 0 Å². The van der Waals surface area contributed by atoms with E-state index in [1.807, 2.05) is 0 Å². The number of unbranched alkanes of at least 4 members (excludes halogenated alkanes) is 3. The Kier molecular flexibility index (Phi) is 16.0. The maximum atomic E-state index is 2.50. The van der Waals surface area contributed by atoms with Gasteiger partial charge in [0.05, 0.1) is 0 Å². The average Bonchev–Trinajstić information content (AvgIpc) is 2.56. The van der Waals surface area contributed by atoms with Crippen molar-refractivity contribution in [3.63, 3.8) is 0 Å². The lowest BCUT2D eigenvalue weighted by molar-refractivity contribution is 0.275. The van der Waals surface area contributed by atoms with Crippen molar-refractivity contribution in [2.24, 2.45) is 35.5 Å². The molecule has 0 N–H and O–H groups in total. The maximum absolute atomic E-state index is 2.50. The molecule has 5 unspecified atom stereocenters. The topological polar surface area (TPSA) is 0 Å². The Hall–Kier alpha value is 0. The van der Waals surface area contributed by atoms with E-state index >= 15 is 0 Å². The monoisotopic (exact) mass is 366 g/mol. The van der Waals surface area contributed by atoms with Crippen molar-refractivity contribution >= 4 is 0 Å². The minimum Gasteiger partial charge on any atom is -0.0654 e. The van der Waals surface area contributed by atoms with E-state index in [4.69, 9.17) is 0 Å². The lowest BCUT2D eigenvalue weighted by Gasteiger charge is -2.24. The number of hydrogen-bond acceptors (Lipinski definition) is 0. The van der Waals surface area contributed by atoms with E-state index in [0.29, 0.717) is 0 Å². The molecular formula is C26H54. The highest BCUT2D eigenvalue weighted by molar-refractivity contribution is 4.68. The minimum absolute atomic E-state index is 0.858. The summed E-state index contributed by atoms with van der Waals surface area (Å²) < 4.78 is 0. The molecule has 0 aliphatic carbocycles. The van der Waals surface area contributed by atoms with E-state index in [-0.39, 0.29) is 0 Å². The molecule has 0 nitrogen and oxygen atoms in total. The van der Waals surface area contributed by atoms with Crippen LogP contribution in [-0.4, -0.2) is 0 Å². The van der Waals surface area contributed by atoms with Gasteiger partial charge in [0.25, 0.3) is 0 Å². The fraction of sp³-hybridized carbons (Fsp3) is 1.00. The zero-order valence-corrected chi connectivity index (χ0v) is 19.9. The second-order valence-electron chi connectivity index (χ2n) is 10.5. The first-order valence-electron chi connectivity index (χ1n) is 12.3. The first kappa shape index (κ1) is 26.0. The molecular weight excluding hydrogens is 312 g/mol. The smallest absolute Gasteiger partial charge is 0.0414 e. The summed E-state index contributed by atoms with van der Waals surface area (Å²) in [4.78, 5) is 0. The zero-order chi connectivity index (χ0) is 19.9. The highest BCUT2D eigenvalue weighted by atomic mass is 14.2. The Balaban J connectivity index is 3.79. The summed E-state index contributed by atoms with van der Waals surface area (Å²) in [5, 5.41) is 0. The van der Waals surface area contributed by atoms with E-state index in [2.05, 4.69) is 55.4 Å². The molecule has 26 heavy (non-hydrogen) atoms. The molecule has 0 amide bonds.